The zero-order chi connectivity index (χ0) is 18.0. The third-order valence-corrected chi connectivity index (χ3v) is 4.62. The van der Waals surface area contributed by atoms with Crippen LogP contribution in [0.25, 0.3) is 0 Å². The Labute approximate surface area is 155 Å². The molecule has 1 saturated carbocycles. The molecule has 1 aliphatic carbocycles. The minimum atomic E-state index is 0.381. The molecule has 1 aromatic carbocycles. The molecule has 26 heavy (non-hydrogen) atoms. The summed E-state index contributed by atoms with van der Waals surface area (Å²) in [7, 11) is 0. The number of nitrogens with two attached hydrogens (primary N) is 1. The molecule has 0 spiro atoms. The van der Waals surface area contributed by atoms with Gasteiger partial charge in [-0.25, -0.2) is 4.99 Å². The summed E-state index contributed by atoms with van der Waals surface area (Å²) < 4.78 is 6.05. The normalized spacial score (nSPS) is 15.6. The van der Waals surface area contributed by atoms with Crippen LogP contribution in [0.2, 0.25) is 0 Å². The van der Waals surface area contributed by atoms with E-state index in [1.165, 1.54) is 32.1 Å². The van der Waals surface area contributed by atoms with Crippen LogP contribution in [0.3, 0.4) is 0 Å². The van der Waals surface area contributed by atoms with Crippen molar-refractivity contribution in [2.75, 3.05) is 6.54 Å². The first-order valence-corrected chi connectivity index (χ1v) is 9.49. The zero-order valence-corrected chi connectivity index (χ0v) is 15.2. The highest BCUT2D eigenvalue weighted by Crippen LogP contribution is 2.23. The van der Waals surface area contributed by atoms with E-state index in [4.69, 9.17) is 10.5 Å². The zero-order valence-electron chi connectivity index (χ0n) is 15.2. The maximum Gasteiger partial charge on any atom is 0.188 e. The quantitative estimate of drug-likeness (QED) is 0.591. The number of hydrogen-bond acceptors (Lipinski definition) is 3. The lowest BCUT2D eigenvalue weighted by atomic mass is 9.98. The van der Waals surface area contributed by atoms with E-state index in [1.54, 1.807) is 6.20 Å². The highest BCUT2D eigenvalue weighted by atomic mass is 16.5. The van der Waals surface area contributed by atoms with Gasteiger partial charge >= 0.3 is 0 Å². The molecule has 5 nitrogen and oxygen atoms in total. The fourth-order valence-electron chi connectivity index (χ4n) is 3.15. The van der Waals surface area contributed by atoms with Crippen molar-refractivity contribution in [2.24, 2.45) is 10.7 Å². The van der Waals surface area contributed by atoms with Gasteiger partial charge in [0.2, 0.25) is 0 Å². The Morgan fingerprint density at radius 3 is 2.65 bits per heavy atom. The summed E-state index contributed by atoms with van der Waals surface area (Å²) in [5.74, 6) is 1.41. The van der Waals surface area contributed by atoms with E-state index in [-0.39, 0.29) is 0 Å². The number of ether oxygens (including phenoxy) is 1. The lowest BCUT2D eigenvalue weighted by molar-refractivity contribution is 0.155. The third-order valence-electron chi connectivity index (χ3n) is 4.62. The predicted molar refractivity (Wildman–Crippen MR) is 105 cm³/mol. The van der Waals surface area contributed by atoms with Gasteiger partial charge in [0.1, 0.15) is 5.75 Å². The number of rotatable bonds is 7. The second-order valence-corrected chi connectivity index (χ2v) is 6.72. The van der Waals surface area contributed by atoms with Gasteiger partial charge in [-0.3, -0.25) is 4.98 Å². The molecule has 0 unspecified atom stereocenters. The van der Waals surface area contributed by atoms with Crippen molar-refractivity contribution in [3.8, 4) is 5.75 Å². The molecule has 0 atom stereocenters. The van der Waals surface area contributed by atoms with Crippen LogP contribution >= 0.6 is 0 Å². The van der Waals surface area contributed by atoms with Gasteiger partial charge in [-0.15, -0.1) is 0 Å². The first-order valence-electron chi connectivity index (χ1n) is 9.49. The molecular weight excluding hydrogens is 324 g/mol. The molecule has 0 saturated heterocycles. The maximum absolute atomic E-state index is 6.05. The highest BCUT2D eigenvalue weighted by molar-refractivity contribution is 5.77. The van der Waals surface area contributed by atoms with Crippen molar-refractivity contribution < 1.29 is 4.74 Å². The van der Waals surface area contributed by atoms with Crippen molar-refractivity contribution in [3.05, 3.63) is 59.9 Å². The number of aromatic nitrogens is 1. The molecule has 1 aliphatic rings. The fraction of sp³-hybridized carbons (Fsp3) is 0.429. The van der Waals surface area contributed by atoms with Crippen LogP contribution in [0.5, 0.6) is 5.75 Å². The Hall–Kier alpha value is -2.56. The average molecular weight is 352 g/mol. The Kier molecular flexibility index (Phi) is 6.88. The molecule has 138 valence electrons. The van der Waals surface area contributed by atoms with Crippen LogP contribution in [0, 0.1) is 0 Å². The van der Waals surface area contributed by atoms with E-state index < -0.39 is 0 Å². The van der Waals surface area contributed by atoms with Gasteiger partial charge in [-0.2, -0.15) is 0 Å². The van der Waals surface area contributed by atoms with Crippen molar-refractivity contribution in [1.82, 2.24) is 10.3 Å². The molecule has 0 amide bonds. The van der Waals surface area contributed by atoms with Crippen LogP contribution in [-0.4, -0.2) is 23.6 Å². The van der Waals surface area contributed by atoms with Gasteiger partial charge < -0.3 is 15.8 Å². The van der Waals surface area contributed by atoms with Crippen molar-refractivity contribution in [1.29, 1.82) is 0 Å². The van der Waals surface area contributed by atoms with E-state index >= 15 is 0 Å². The summed E-state index contributed by atoms with van der Waals surface area (Å²) in [5.41, 5.74) is 8.10. The second-order valence-electron chi connectivity index (χ2n) is 6.72. The topological polar surface area (TPSA) is 72.5 Å². The SMILES string of the molecule is NC(=NCc1ccc(OC2CCCCC2)cc1)NCCc1ccccn1. The molecule has 1 aromatic heterocycles. The molecule has 3 N–H and O–H groups in total. The van der Waals surface area contributed by atoms with Gasteiger partial charge in [0.05, 0.1) is 12.6 Å². The Balaban J connectivity index is 1.40. The molecule has 5 heteroatoms. The standard InChI is InChI=1S/C21H28N4O/c22-21(24-15-13-18-6-4-5-14-23-18)25-16-17-9-11-20(12-10-17)26-19-7-2-1-3-8-19/h4-6,9-12,14,19H,1-3,7-8,13,15-16H2,(H3,22,24,25). The summed E-state index contributed by atoms with van der Waals surface area (Å²) in [6.45, 7) is 1.28. The van der Waals surface area contributed by atoms with Gasteiger partial charge in [0, 0.05) is 24.9 Å². The molecule has 0 aliphatic heterocycles. The molecule has 0 radical (unpaired) electrons. The Morgan fingerprint density at radius 2 is 1.92 bits per heavy atom. The second kappa shape index (κ2) is 9.80. The van der Waals surface area contributed by atoms with Crippen LogP contribution in [0.15, 0.2) is 53.7 Å². The number of hydrogen-bond donors (Lipinski definition) is 2. The largest absolute Gasteiger partial charge is 0.490 e. The van der Waals surface area contributed by atoms with E-state index in [2.05, 4.69) is 27.4 Å². The molecule has 1 heterocycles. The first-order chi connectivity index (χ1) is 12.8. The smallest absolute Gasteiger partial charge is 0.188 e. The number of nitrogens with zero attached hydrogens (tertiary/aromatic N) is 2. The van der Waals surface area contributed by atoms with E-state index in [0.29, 0.717) is 18.6 Å². The minimum Gasteiger partial charge on any atom is -0.490 e. The molecular formula is C21H28N4O. The Bertz CT molecular complexity index is 679. The van der Waals surface area contributed by atoms with Crippen LogP contribution in [0.4, 0.5) is 0 Å². The van der Waals surface area contributed by atoms with E-state index in [1.807, 2.05) is 30.3 Å². The number of pyridine rings is 1. The molecule has 1 fully saturated rings. The van der Waals surface area contributed by atoms with Crippen molar-refractivity contribution in [3.63, 3.8) is 0 Å². The summed E-state index contributed by atoms with van der Waals surface area (Å²) in [5, 5.41) is 3.13. The first kappa shape index (κ1) is 18.2. The van der Waals surface area contributed by atoms with Crippen LogP contribution in [-0.2, 0) is 13.0 Å². The lowest BCUT2D eigenvalue weighted by Gasteiger charge is -2.23. The monoisotopic (exact) mass is 352 g/mol. The van der Waals surface area contributed by atoms with Gasteiger partial charge in [0.25, 0.3) is 0 Å². The van der Waals surface area contributed by atoms with Crippen molar-refractivity contribution in [2.45, 2.75) is 51.2 Å². The molecule has 0 bridgehead atoms. The van der Waals surface area contributed by atoms with E-state index in [9.17, 15) is 0 Å². The number of guanidine groups is 1. The summed E-state index contributed by atoms with van der Waals surface area (Å²) in [6, 6.07) is 14.1. The lowest BCUT2D eigenvalue weighted by Crippen LogP contribution is -2.33. The number of benzene rings is 1. The highest BCUT2D eigenvalue weighted by Gasteiger charge is 2.14. The summed E-state index contributed by atoms with van der Waals surface area (Å²) in [6.07, 6.45) is 9.26. The van der Waals surface area contributed by atoms with Gasteiger partial charge in [-0.05, 0) is 55.5 Å². The Morgan fingerprint density at radius 1 is 1.12 bits per heavy atom. The van der Waals surface area contributed by atoms with Gasteiger partial charge in [-0.1, -0.05) is 24.6 Å². The number of aliphatic imine (C=N–C) groups is 1. The molecule has 2 aromatic rings. The molecule has 3 rings (SSSR count). The fourth-order valence-corrected chi connectivity index (χ4v) is 3.15. The van der Waals surface area contributed by atoms with Gasteiger partial charge in [0.15, 0.2) is 5.96 Å². The predicted octanol–water partition coefficient (Wildman–Crippen LogP) is 3.44. The average Bonchev–Trinajstić information content (AvgIpc) is 2.69. The third kappa shape index (κ3) is 6.06. The summed E-state index contributed by atoms with van der Waals surface area (Å²) >= 11 is 0. The summed E-state index contributed by atoms with van der Waals surface area (Å²) in [4.78, 5) is 8.68. The maximum atomic E-state index is 6.05. The number of nitrogens with one attached hydrogen (secondary N) is 1. The van der Waals surface area contributed by atoms with E-state index in [0.717, 1.165) is 30.0 Å². The van der Waals surface area contributed by atoms with Crippen molar-refractivity contribution >= 4 is 5.96 Å². The van der Waals surface area contributed by atoms with Crippen LogP contribution < -0.4 is 15.8 Å². The van der Waals surface area contributed by atoms with Crippen LogP contribution in [0.1, 0.15) is 43.4 Å². The minimum absolute atomic E-state index is 0.381.